The first kappa shape index (κ1) is 27.3. The molecule has 10 heteroatoms. The van der Waals surface area contributed by atoms with Crippen molar-refractivity contribution < 1.29 is 22.8 Å². The van der Waals surface area contributed by atoms with E-state index >= 15 is 0 Å². The van der Waals surface area contributed by atoms with Crippen LogP contribution >= 0.6 is 11.3 Å². The number of alkyl halides is 3. The molecule has 2 saturated heterocycles. The number of aromatic nitrogens is 1. The van der Waals surface area contributed by atoms with E-state index in [1.54, 1.807) is 5.38 Å². The molecule has 206 valence electrons. The van der Waals surface area contributed by atoms with Crippen LogP contribution in [0, 0.1) is 0 Å². The second-order valence-electron chi connectivity index (χ2n) is 10.1. The number of piperazine rings is 1. The highest BCUT2D eigenvalue weighted by Gasteiger charge is 2.37. The number of likely N-dealkylation sites (tertiary alicyclic amines) is 1. The van der Waals surface area contributed by atoms with Crippen LogP contribution in [-0.4, -0.2) is 70.8 Å². The van der Waals surface area contributed by atoms with E-state index < -0.39 is 17.6 Å². The van der Waals surface area contributed by atoms with Gasteiger partial charge in [0.25, 0.3) is 11.8 Å². The van der Waals surface area contributed by atoms with Crippen LogP contribution in [0.25, 0.3) is 0 Å². The molecule has 2 fully saturated rings. The van der Waals surface area contributed by atoms with Gasteiger partial charge in [-0.05, 0) is 37.5 Å². The maximum absolute atomic E-state index is 13.4. The standard InChI is InChI=1S/C29H31F3N4O2S/c1-20(21-7-3-2-4-8-21)34-15-17-36(18-16-34)28(38)25-19-39-26(33-25)22-11-13-35(14-12-22)27(37)23-9-5-6-10-24(23)29(30,31)32/h2-10,19-20,22H,11-18H2,1H3. The minimum Gasteiger partial charge on any atom is -0.339 e. The van der Waals surface area contributed by atoms with Crippen molar-refractivity contribution in [3.63, 3.8) is 0 Å². The van der Waals surface area contributed by atoms with E-state index in [0.29, 0.717) is 44.7 Å². The lowest BCUT2D eigenvalue weighted by Gasteiger charge is -2.38. The number of piperidine rings is 1. The molecule has 3 heterocycles. The molecule has 1 aromatic heterocycles. The van der Waals surface area contributed by atoms with Crippen LogP contribution < -0.4 is 0 Å². The number of amides is 2. The summed E-state index contributed by atoms with van der Waals surface area (Å²) in [6.45, 7) is 5.75. The molecule has 2 aliphatic heterocycles. The quantitative estimate of drug-likeness (QED) is 0.405. The molecule has 2 aromatic carbocycles. The first-order valence-electron chi connectivity index (χ1n) is 13.2. The van der Waals surface area contributed by atoms with Crippen molar-refractivity contribution in [2.75, 3.05) is 39.3 Å². The van der Waals surface area contributed by atoms with E-state index in [9.17, 15) is 22.8 Å². The first-order chi connectivity index (χ1) is 18.7. The zero-order valence-electron chi connectivity index (χ0n) is 21.7. The fourth-order valence-corrected chi connectivity index (χ4v) is 6.37. The third kappa shape index (κ3) is 6.01. The lowest BCUT2D eigenvalue weighted by Crippen LogP contribution is -2.49. The predicted octanol–water partition coefficient (Wildman–Crippen LogP) is 5.70. The van der Waals surface area contributed by atoms with E-state index in [4.69, 9.17) is 0 Å². The van der Waals surface area contributed by atoms with Crippen molar-refractivity contribution in [2.24, 2.45) is 0 Å². The topological polar surface area (TPSA) is 56.8 Å². The number of halogens is 3. The van der Waals surface area contributed by atoms with Gasteiger partial charge in [0.05, 0.1) is 16.1 Å². The molecule has 2 amide bonds. The van der Waals surface area contributed by atoms with Gasteiger partial charge in [-0.1, -0.05) is 42.5 Å². The number of benzene rings is 2. The first-order valence-corrected chi connectivity index (χ1v) is 14.1. The summed E-state index contributed by atoms with van der Waals surface area (Å²) >= 11 is 1.44. The van der Waals surface area contributed by atoms with Crippen molar-refractivity contribution in [3.8, 4) is 0 Å². The summed E-state index contributed by atoms with van der Waals surface area (Å²) in [6, 6.07) is 15.5. The molecule has 0 saturated carbocycles. The van der Waals surface area contributed by atoms with E-state index in [2.05, 4.69) is 28.9 Å². The van der Waals surface area contributed by atoms with Crippen LogP contribution in [0.15, 0.2) is 60.0 Å². The van der Waals surface area contributed by atoms with Gasteiger partial charge in [-0.3, -0.25) is 14.5 Å². The normalized spacial score (nSPS) is 18.3. The smallest absolute Gasteiger partial charge is 0.339 e. The van der Waals surface area contributed by atoms with Gasteiger partial charge < -0.3 is 9.80 Å². The number of rotatable bonds is 5. The van der Waals surface area contributed by atoms with Crippen LogP contribution in [-0.2, 0) is 6.18 Å². The van der Waals surface area contributed by atoms with Gasteiger partial charge in [-0.25, -0.2) is 4.98 Å². The van der Waals surface area contributed by atoms with Crippen molar-refractivity contribution in [1.29, 1.82) is 0 Å². The monoisotopic (exact) mass is 556 g/mol. The third-order valence-electron chi connectivity index (χ3n) is 7.77. The zero-order valence-corrected chi connectivity index (χ0v) is 22.5. The Morgan fingerprint density at radius 3 is 2.15 bits per heavy atom. The maximum Gasteiger partial charge on any atom is 0.417 e. The average molecular weight is 557 g/mol. The van der Waals surface area contributed by atoms with E-state index in [1.807, 2.05) is 23.1 Å². The Kier molecular flexibility index (Phi) is 8.04. The second-order valence-corrected chi connectivity index (χ2v) is 11.0. The molecule has 5 rings (SSSR count). The predicted molar refractivity (Wildman–Crippen MR) is 144 cm³/mol. The number of hydrogen-bond donors (Lipinski definition) is 0. The number of carbonyl (C=O) groups excluding carboxylic acids is 2. The molecular weight excluding hydrogens is 525 g/mol. The molecule has 1 unspecified atom stereocenters. The summed E-state index contributed by atoms with van der Waals surface area (Å²) < 4.78 is 40.1. The fraction of sp³-hybridized carbons (Fsp3) is 0.414. The summed E-state index contributed by atoms with van der Waals surface area (Å²) in [4.78, 5) is 36.4. The second kappa shape index (κ2) is 11.5. The van der Waals surface area contributed by atoms with Gasteiger partial charge in [0.2, 0.25) is 0 Å². The van der Waals surface area contributed by atoms with Crippen LogP contribution in [0.4, 0.5) is 13.2 Å². The molecule has 0 radical (unpaired) electrons. The molecule has 0 aliphatic carbocycles. The Bertz CT molecular complexity index is 1300. The molecule has 39 heavy (non-hydrogen) atoms. The number of carbonyl (C=O) groups is 2. The Labute approximate surface area is 230 Å². The maximum atomic E-state index is 13.4. The van der Waals surface area contributed by atoms with E-state index in [-0.39, 0.29) is 23.4 Å². The molecule has 2 aliphatic rings. The lowest BCUT2D eigenvalue weighted by molar-refractivity contribution is -0.138. The summed E-state index contributed by atoms with van der Waals surface area (Å²) in [5, 5.41) is 2.64. The fourth-order valence-electron chi connectivity index (χ4n) is 5.41. The van der Waals surface area contributed by atoms with E-state index in [0.717, 1.165) is 24.2 Å². The van der Waals surface area contributed by atoms with Gasteiger partial charge in [-0.2, -0.15) is 13.2 Å². The SMILES string of the molecule is CC(c1ccccc1)N1CCN(C(=O)c2csc(C3CCN(C(=O)c4ccccc4C(F)(F)F)CC3)n2)CC1. The molecule has 6 nitrogen and oxygen atoms in total. The van der Waals surface area contributed by atoms with Crippen molar-refractivity contribution in [1.82, 2.24) is 19.7 Å². The highest BCUT2D eigenvalue weighted by Crippen LogP contribution is 2.35. The largest absolute Gasteiger partial charge is 0.417 e. The molecule has 1 atom stereocenters. The molecule has 0 spiro atoms. The molecular formula is C29H31F3N4O2S. The Balaban J connectivity index is 1.15. The van der Waals surface area contributed by atoms with Crippen molar-refractivity contribution in [2.45, 2.75) is 37.9 Å². The third-order valence-corrected chi connectivity index (χ3v) is 8.77. The van der Waals surface area contributed by atoms with Crippen molar-refractivity contribution in [3.05, 3.63) is 87.4 Å². The summed E-state index contributed by atoms with van der Waals surface area (Å²) in [5.41, 5.74) is 0.482. The van der Waals surface area contributed by atoms with E-state index in [1.165, 1.54) is 40.0 Å². The van der Waals surface area contributed by atoms with Crippen LogP contribution in [0.1, 0.15) is 68.7 Å². The Morgan fingerprint density at radius 2 is 1.49 bits per heavy atom. The lowest BCUT2D eigenvalue weighted by atomic mass is 9.96. The average Bonchev–Trinajstić information content (AvgIpc) is 3.47. The summed E-state index contributed by atoms with van der Waals surface area (Å²) in [5.74, 6) is -0.597. The van der Waals surface area contributed by atoms with Gasteiger partial charge in [-0.15, -0.1) is 11.3 Å². The molecule has 0 N–H and O–H groups in total. The number of nitrogens with zero attached hydrogens (tertiary/aromatic N) is 4. The molecule has 3 aromatic rings. The highest BCUT2D eigenvalue weighted by molar-refractivity contribution is 7.09. The summed E-state index contributed by atoms with van der Waals surface area (Å²) in [7, 11) is 0. The van der Waals surface area contributed by atoms with Gasteiger partial charge in [0.1, 0.15) is 5.69 Å². The number of thiazole rings is 1. The Morgan fingerprint density at radius 1 is 0.872 bits per heavy atom. The van der Waals surface area contributed by atoms with Crippen LogP contribution in [0.3, 0.4) is 0 Å². The van der Waals surface area contributed by atoms with Gasteiger partial charge >= 0.3 is 6.18 Å². The minimum atomic E-state index is -4.58. The Hall–Kier alpha value is -3.24. The zero-order chi connectivity index (χ0) is 27.6. The number of hydrogen-bond acceptors (Lipinski definition) is 5. The van der Waals surface area contributed by atoms with Gasteiger partial charge in [0, 0.05) is 56.6 Å². The van der Waals surface area contributed by atoms with Gasteiger partial charge in [0.15, 0.2) is 0 Å². The molecule has 0 bridgehead atoms. The highest BCUT2D eigenvalue weighted by atomic mass is 32.1. The minimum absolute atomic E-state index is 0.0686. The summed E-state index contributed by atoms with van der Waals surface area (Å²) in [6.07, 6.45) is -3.39. The van der Waals surface area contributed by atoms with Crippen LogP contribution in [0.2, 0.25) is 0 Å². The van der Waals surface area contributed by atoms with Crippen molar-refractivity contribution >= 4 is 23.2 Å². The van der Waals surface area contributed by atoms with Crippen LogP contribution in [0.5, 0.6) is 0 Å².